The number of nitrogens with one attached hydrogen (secondary N) is 1. The number of hydrogen-bond acceptors (Lipinski definition) is 4. The molecular formula is C9H19NO4. The van der Waals surface area contributed by atoms with E-state index in [-0.39, 0.29) is 12.5 Å². The summed E-state index contributed by atoms with van der Waals surface area (Å²) in [6.07, 6.45) is -0.860. The van der Waals surface area contributed by atoms with E-state index in [0.29, 0.717) is 6.42 Å². The van der Waals surface area contributed by atoms with E-state index in [1.54, 1.807) is 0 Å². The Hall–Kier alpha value is -0.650. The standard InChI is InChI=1S/C9H19NO4/c1-3-4-8(13)9(14)7(5-11)10-6(2)12/h7-9,11,13-14H,3-5H2,1-2H3,(H,10,12)/t7-,8+,9-/m1/s1. The van der Waals surface area contributed by atoms with Crippen LogP contribution in [0, 0.1) is 0 Å². The molecule has 0 aromatic heterocycles. The van der Waals surface area contributed by atoms with Crippen LogP contribution in [0.15, 0.2) is 0 Å². The second kappa shape index (κ2) is 6.75. The van der Waals surface area contributed by atoms with Crippen LogP contribution in [-0.4, -0.2) is 46.1 Å². The van der Waals surface area contributed by atoms with Crippen LogP contribution in [-0.2, 0) is 4.79 Å². The van der Waals surface area contributed by atoms with Gasteiger partial charge in [0.05, 0.1) is 18.8 Å². The molecule has 0 radical (unpaired) electrons. The van der Waals surface area contributed by atoms with E-state index in [1.165, 1.54) is 6.92 Å². The molecule has 0 aromatic carbocycles. The van der Waals surface area contributed by atoms with Gasteiger partial charge in [-0.3, -0.25) is 4.79 Å². The molecule has 84 valence electrons. The third kappa shape index (κ3) is 4.55. The number of hydrogen-bond donors (Lipinski definition) is 4. The van der Waals surface area contributed by atoms with Crippen LogP contribution in [0.1, 0.15) is 26.7 Å². The Kier molecular flexibility index (Phi) is 6.44. The van der Waals surface area contributed by atoms with E-state index >= 15 is 0 Å². The van der Waals surface area contributed by atoms with Gasteiger partial charge in [-0.15, -0.1) is 0 Å². The van der Waals surface area contributed by atoms with Crippen molar-refractivity contribution >= 4 is 5.91 Å². The second-order valence-electron chi connectivity index (χ2n) is 3.34. The molecule has 0 aliphatic rings. The summed E-state index contributed by atoms with van der Waals surface area (Å²) in [6, 6.07) is -0.797. The van der Waals surface area contributed by atoms with E-state index < -0.39 is 18.2 Å². The average molecular weight is 205 g/mol. The first kappa shape index (κ1) is 13.4. The van der Waals surface area contributed by atoms with E-state index in [2.05, 4.69) is 5.32 Å². The topological polar surface area (TPSA) is 89.8 Å². The monoisotopic (exact) mass is 205 g/mol. The van der Waals surface area contributed by atoms with E-state index in [1.807, 2.05) is 6.92 Å². The Bertz CT molecular complexity index is 174. The minimum Gasteiger partial charge on any atom is -0.394 e. The Morgan fingerprint density at radius 3 is 2.36 bits per heavy atom. The van der Waals surface area contributed by atoms with E-state index in [4.69, 9.17) is 5.11 Å². The molecule has 0 aliphatic carbocycles. The zero-order valence-electron chi connectivity index (χ0n) is 8.60. The molecule has 14 heavy (non-hydrogen) atoms. The van der Waals surface area contributed by atoms with Crippen LogP contribution >= 0.6 is 0 Å². The van der Waals surface area contributed by atoms with Crippen molar-refractivity contribution in [2.45, 2.75) is 44.9 Å². The predicted molar refractivity (Wildman–Crippen MR) is 51.6 cm³/mol. The molecule has 0 bridgehead atoms. The molecule has 0 fully saturated rings. The first-order valence-corrected chi connectivity index (χ1v) is 4.77. The molecule has 0 saturated heterocycles. The van der Waals surface area contributed by atoms with Gasteiger partial charge in [-0.2, -0.15) is 0 Å². The highest BCUT2D eigenvalue weighted by molar-refractivity contribution is 5.73. The first-order valence-electron chi connectivity index (χ1n) is 4.77. The summed E-state index contributed by atoms with van der Waals surface area (Å²) < 4.78 is 0. The van der Waals surface area contributed by atoms with E-state index in [0.717, 1.165) is 6.42 Å². The SMILES string of the molecule is CCC[C@H](O)[C@H](O)[C@@H](CO)NC(C)=O. The van der Waals surface area contributed by atoms with Gasteiger partial charge in [-0.05, 0) is 6.42 Å². The van der Waals surface area contributed by atoms with E-state index in [9.17, 15) is 15.0 Å². The van der Waals surface area contributed by atoms with Gasteiger partial charge >= 0.3 is 0 Å². The van der Waals surface area contributed by atoms with Crippen molar-refractivity contribution < 1.29 is 20.1 Å². The second-order valence-corrected chi connectivity index (χ2v) is 3.34. The molecule has 4 N–H and O–H groups in total. The van der Waals surface area contributed by atoms with Crippen molar-refractivity contribution in [2.75, 3.05) is 6.61 Å². The maximum absolute atomic E-state index is 10.7. The summed E-state index contributed by atoms with van der Waals surface area (Å²) in [5, 5.41) is 30.2. The zero-order valence-corrected chi connectivity index (χ0v) is 8.60. The minimum absolute atomic E-state index is 0.341. The molecule has 5 heteroatoms. The van der Waals surface area contributed by atoms with Crippen LogP contribution in [0.25, 0.3) is 0 Å². The fraction of sp³-hybridized carbons (Fsp3) is 0.889. The van der Waals surface area contributed by atoms with Gasteiger partial charge in [0.1, 0.15) is 6.10 Å². The highest BCUT2D eigenvalue weighted by atomic mass is 16.3. The lowest BCUT2D eigenvalue weighted by Gasteiger charge is -2.25. The lowest BCUT2D eigenvalue weighted by Crippen LogP contribution is -2.50. The average Bonchev–Trinajstić information content (AvgIpc) is 2.13. The largest absolute Gasteiger partial charge is 0.394 e. The third-order valence-corrected chi connectivity index (χ3v) is 1.98. The van der Waals surface area contributed by atoms with Gasteiger partial charge in [0.15, 0.2) is 0 Å². The van der Waals surface area contributed by atoms with Gasteiger partial charge in [0.2, 0.25) is 5.91 Å². The van der Waals surface area contributed by atoms with Crippen molar-refractivity contribution in [3.63, 3.8) is 0 Å². The van der Waals surface area contributed by atoms with Crippen molar-refractivity contribution in [3.8, 4) is 0 Å². The number of carbonyl (C=O) groups excluding carboxylic acids is 1. The van der Waals surface area contributed by atoms with Gasteiger partial charge in [-0.25, -0.2) is 0 Å². The quantitative estimate of drug-likeness (QED) is 0.448. The number of amides is 1. The number of aliphatic hydroxyl groups excluding tert-OH is 3. The predicted octanol–water partition coefficient (Wildman–Crippen LogP) is -0.995. The van der Waals surface area contributed by atoms with Crippen LogP contribution in [0.4, 0.5) is 0 Å². The van der Waals surface area contributed by atoms with Gasteiger partial charge in [-0.1, -0.05) is 13.3 Å². The van der Waals surface area contributed by atoms with Crippen molar-refractivity contribution in [1.82, 2.24) is 5.32 Å². The lowest BCUT2D eigenvalue weighted by atomic mass is 10.0. The van der Waals surface area contributed by atoms with Gasteiger partial charge in [0, 0.05) is 6.92 Å². The molecule has 0 aliphatic heterocycles. The molecule has 0 saturated carbocycles. The molecule has 0 aromatic rings. The Morgan fingerprint density at radius 2 is 2.00 bits per heavy atom. The molecule has 0 heterocycles. The van der Waals surface area contributed by atoms with Crippen LogP contribution in [0.2, 0.25) is 0 Å². The fourth-order valence-corrected chi connectivity index (χ4v) is 1.23. The maximum atomic E-state index is 10.7. The molecule has 1 amide bonds. The smallest absolute Gasteiger partial charge is 0.217 e. The maximum Gasteiger partial charge on any atom is 0.217 e. The molecule has 0 unspecified atom stereocenters. The van der Waals surface area contributed by atoms with Crippen LogP contribution < -0.4 is 5.32 Å². The first-order chi connectivity index (χ1) is 6.52. The number of aliphatic hydroxyl groups is 3. The Balaban J connectivity index is 4.14. The summed E-state index contributed by atoms with van der Waals surface area (Å²) in [4.78, 5) is 10.7. The van der Waals surface area contributed by atoms with Gasteiger partial charge < -0.3 is 20.6 Å². The zero-order chi connectivity index (χ0) is 11.1. The highest BCUT2D eigenvalue weighted by Crippen LogP contribution is 2.06. The van der Waals surface area contributed by atoms with Gasteiger partial charge in [0.25, 0.3) is 0 Å². The van der Waals surface area contributed by atoms with Crippen LogP contribution in [0.5, 0.6) is 0 Å². The third-order valence-electron chi connectivity index (χ3n) is 1.98. The molecule has 3 atom stereocenters. The Morgan fingerprint density at radius 1 is 1.43 bits per heavy atom. The fourth-order valence-electron chi connectivity index (χ4n) is 1.23. The molecule has 5 nitrogen and oxygen atoms in total. The summed E-state index contributed by atoms with van der Waals surface area (Å²) in [5.41, 5.74) is 0. The van der Waals surface area contributed by atoms with Crippen LogP contribution in [0.3, 0.4) is 0 Å². The summed E-state index contributed by atoms with van der Waals surface area (Å²) in [5.74, 6) is -0.341. The molecular weight excluding hydrogens is 186 g/mol. The highest BCUT2D eigenvalue weighted by Gasteiger charge is 2.25. The summed E-state index contributed by atoms with van der Waals surface area (Å²) in [6.45, 7) is 2.78. The number of carbonyl (C=O) groups is 1. The Labute approximate surface area is 83.8 Å². The summed E-state index contributed by atoms with van der Waals surface area (Å²) >= 11 is 0. The molecule has 0 rings (SSSR count). The normalized spacial score (nSPS) is 17.2. The van der Waals surface area contributed by atoms with Crippen molar-refractivity contribution in [2.24, 2.45) is 0 Å². The molecule has 0 spiro atoms. The summed E-state index contributed by atoms with van der Waals surface area (Å²) in [7, 11) is 0. The van der Waals surface area contributed by atoms with Crippen molar-refractivity contribution in [1.29, 1.82) is 0 Å². The van der Waals surface area contributed by atoms with Crippen molar-refractivity contribution in [3.05, 3.63) is 0 Å². The minimum atomic E-state index is -1.12. The number of rotatable bonds is 6. The lowest BCUT2D eigenvalue weighted by molar-refractivity contribution is -0.122.